The minimum absolute atomic E-state index is 0.131. The van der Waals surface area contributed by atoms with E-state index in [1.807, 2.05) is 49.4 Å². The molecule has 3 N–H and O–H groups in total. The SMILES string of the molecule is C[C@H]1[C@@H](c2ccccc2)OC(=O)N1Cc1cc(-c2ccc(C(N)=O)cn2)ccc1Oc1cccc(CC(=O)O)c1. The number of nitrogens with zero attached hydrogens (tertiary/aromatic N) is 2. The highest BCUT2D eigenvalue weighted by Gasteiger charge is 2.40. The third-order valence-corrected chi connectivity index (χ3v) is 6.75. The molecule has 0 aliphatic carbocycles. The summed E-state index contributed by atoms with van der Waals surface area (Å²) >= 11 is 0. The average molecular weight is 538 g/mol. The lowest BCUT2D eigenvalue weighted by atomic mass is 10.0. The number of aliphatic carboxylic acids is 1. The smallest absolute Gasteiger partial charge is 0.411 e. The van der Waals surface area contributed by atoms with Crippen molar-refractivity contribution in [1.29, 1.82) is 0 Å². The molecule has 0 radical (unpaired) electrons. The van der Waals surface area contributed by atoms with E-state index in [0.717, 1.165) is 11.1 Å². The van der Waals surface area contributed by atoms with E-state index in [4.69, 9.17) is 20.3 Å². The molecule has 1 fully saturated rings. The van der Waals surface area contributed by atoms with Crippen LogP contribution in [0.15, 0.2) is 91.1 Å². The summed E-state index contributed by atoms with van der Waals surface area (Å²) in [6, 6.07) is 25.0. The molecule has 202 valence electrons. The number of nitrogens with two attached hydrogens (primary N) is 1. The number of aromatic nitrogens is 1. The number of cyclic esters (lactones) is 1. The lowest BCUT2D eigenvalue weighted by molar-refractivity contribution is -0.136. The Hall–Kier alpha value is -5.18. The number of hydrogen-bond donors (Lipinski definition) is 2. The van der Waals surface area contributed by atoms with Gasteiger partial charge in [-0.1, -0.05) is 42.5 Å². The number of carbonyl (C=O) groups excluding carboxylic acids is 2. The molecule has 2 atom stereocenters. The van der Waals surface area contributed by atoms with Crippen LogP contribution >= 0.6 is 0 Å². The molecule has 5 rings (SSSR count). The van der Waals surface area contributed by atoms with Crippen LogP contribution in [0, 0.1) is 0 Å². The van der Waals surface area contributed by atoms with Crippen LogP contribution < -0.4 is 10.5 Å². The van der Waals surface area contributed by atoms with Crippen LogP contribution in [-0.2, 0) is 22.5 Å². The Labute approximate surface area is 230 Å². The van der Waals surface area contributed by atoms with Crippen LogP contribution in [0.3, 0.4) is 0 Å². The molecule has 4 aromatic rings. The molecule has 1 aliphatic heterocycles. The zero-order valence-electron chi connectivity index (χ0n) is 21.7. The van der Waals surface area contributed by atoms with E-state index in [9.17, 15) is 14.4 Å². The Bertz CT molecular complexity index is 1560. The van der Waals surface area contributed by atoms with E-state index in [2.05, 4.69) is 4.98 Å². The zero-order chi connectivity index (χ0) is 28.2. The first-order chi connectivity index (χ1) is 19.3. The molecule has 0 bridgehead atoms. The van der Waals surface area contributed by atoms with Crippen molar-refractivity contribution in [3.05, 3.63) is 113 Å². The van der Waals surface area contributed by atoms with E-state index in [0.29, 0.717) is 33.9 Å². The van der Waals surface area contributed by atoms with Gasteiger partial charge in [-0.05, 0) is 60.5 Å². The van der Waals surface area contributed by atoms with Crippen molar-refractivity contribution in [2.75, 3.05) is 0 Å². The first-order valence-corrected chi connectivity index (χ1v) is 12.7. The zero-order valence-corrected chi connectivity index (χ0v) is 21.7. The third-order valence-electron chi connectivity index (χ3n) is 6.75. The van der Waals surface area contributed by atoms with Crippen LogP contribution in [0.25, 0.3) is 11.3 Å². The minimum Gasteiger partial charge on any atom is -0.481 e. The van der Waals surface area contributed by atoms with Crippen LogP contribution in [0.2, 0.25) is 0 Å². The van der Waals surface area contributed by atoms with Crippen LogP contribution in [-0.4, -0.2) is 39.0 Å². The number of rotatable bonds is 9. The Morgan fingerprint density at radius 1 is 1.02 bits per heavy atom. The summed E-state index contributed by atoms with van der Waals surface area (Å²) in [5.41, 5.74) is 9.21. The van der Waals surface area contributed by atoms with Gasteiger partial charge in [0.25, 0.3) is 0 Å². The Morgan fingerprint density at radius 2 is 1.82 bits per heavy atom. The van der Waals surface area contributed by atoms with Crippen molar-refractivity contribution in [2.24, 2.45) is 5.73 Å². The summed E-state index contributed by atoms with van der Waals surface area (Å²) in [6.45, 7) is 2.13. The second-order valence-electron chi connectivity index (χ2n) is 9.52. The fraction of sp³-hybridized carbons (Fsp3) is 0.161. The van der Waals surface area contributed by atoms with Crippen molar-refractivity contribution in [1.82, 2.24) is 9.88 Å². The molecule has 3 aromatic carbocycles. The standard InChI is InChI=1S/C31H27N3O6/c1-19-29(21-7-3-2-4-8-21)40-31(38)34(19)18-24-16-22(26-12-10-23(17-33-26)30(32)37)11-13-27(24)39-25-9-5-6-20(14-25)15-28(35)36/h2-14,16-17,19,29H,15,18H2,1H3,(H2,32,37)(H,35,36)/t19-,29-/m0/s1. The Balaban J connectivity index is 1.48. The van der Waals surface area contributed by atoms with E-state index >= 15 is 0 Å². The van der Waals surface area contributed by atoms with Gasteiger partial charge in [-0.3, -0.25) is 19.5 Å². The van der Waals surface area contributed by atoms with Gasteiger partial charge >= 0.3 is 12.1 Å². The van der Waals surface area contributed by atoms with Gasteiger partial charge in [0.1, 0.15) is 17.6 Å². The lowest BCUT2D eigenvalue weighted by Crippen LogP contribution is -2.31. The van der Waals surface area contributed by atoms with Gasteiger partial charge in [0.05, 0.1) is 30.3 Å². The highest BCUT2D eigenvalue weighted by atomic mass is 16.6. The van der Waals surface area contributed by atoms with E-state index < -0.39 is 24.1 Å². The first-order valence-electron chi connectivity index (χ1n) is 12.7. The quantitative estimate of drug-likeness (QED) is 0.294. The molecule has 0 unspecified atom stereocenters. The normalized spacial score (nSPS) is 16.4. The monoisotopic (exact) mass is 537 g/mol. The second kappa shape index (κ2) is 11.3. The molecule has 0 spiro atoms. The molecular weight excluding hydrogens is 510 g/mol. The Kier molecular flexibility index (Phi) is 7.46. The molecule has 1 saturated heterocycles. The van der Waals surface area contributed by atoms with Crippen LogP contribution in [0.5, 0.6) is 11.5 Å². The lowest BCUT2D eigenvalue weighted by Gasteiger charge is -2.23. The average Bonchev–Trinajstić information content (AvgIpc) is 3.22. The number of amides is 2. The molecule has 2 heterocycles. The number of hydrogen-bond acceptors (Lipinski definition) is 6. The molecular formula is C31H27N3O6. The highest BCUT2D eigenvalue weighted by Crippen LogP contribution is 2.36. The fourth-order valence-corrected chi connectivity index (χ4v) is 4.68. The van der Waals surface area contributed by atoms with Crippen molar-refractivity contribution < 1.29 is 29.0 Å². The summed E-state index contributed by atoms with van der Waals surface area (Å²) in [6.07, 6.45) is 0.427. The van der Waals surface area contributed by atoms with Gasteiger partial charge in [0.2, 0.25) is 5.91 Å². The van der Waals surface area contributed by atoms with E-state index in [1.54, 1.807) is 47.4 Å². The van der Waals surface area contributed by atoms with Gasteiger partial charge in [0.15, 0.2) is 0 Å². The van der Waals surface area contributed by atoms with Crippen LogP contribution in [0.4, 0.5) is 4.79 Å². The molecule has 9 nitrogen and oxygen atoms in total. The molecule has 9 heteroatoms. The maximum Gasteiger partial charge on any atom is 0.411 e. The van der Waals surface area contributed by atoms with Crippen molar-refractivity contribution in [3.8, 4) is 22.8 Å². The number of pyridine rings is 1. The van der Waals surface area contributed by atoms with Gasteiger partial charge in [-0.15, -0.1) is 0 Å². The van der Waals surface area contributed by atoms with Gasteiger partial charge < -0.3 is 20.3 Å². The summed E-state index contributed by atoms with van der Waals surface area (Å²) in [5.74, 6) is -0.543. The summed E-state index contributed by atoms with van der Waals surface area (Å²) in [7, 11) is 0. The van der Waals surface area contributed by atoms with E-state index in [-0.39, 0.29) is 19.0 Å². The number of carboxylic acid groups (broad SMARTS) is 1. The van der Waals surface area contributed by atoms with Crippen molar-refractivity contribution >= 4 is 18.0 Å². The van der Waals surface area contributed by atoms with Gasteiger partial charge in [0, 0.05) is 17.3 Å². The summed E-state index contributed by atoms with van der Waals surface area (Å²) in [5, 5.41) is 9.17. The molecule has 0 saturated carbocycles. The molecule has 40 heavy (non-hydrogen) atoms. The van der Waals surface area contributed by atoms with Gasteiger partial charge in [-0.2, -0.15) is 0 Å². The topological polar surface area (TPSA) is 132 Å². The van der Waals surface area contributed by atoms with Crippen molar-refractivity contribution in [3.63, 3.8) is 0 Å². The van der Waals surface area contributed by atoms with Gasteiger partial charge in [-0.25, -0.2) is 4.79 Å². The third kappa shape index (κ3) is 5.78. The maximum absolute atomic E-state index is 13.0. The number of ether oxygens (including phenoxy) is 2. The largest absolute Gasteiger partial charge is 0.481 e. The Morgan fingerprint density at radius 3 is 2.52 bits per heavy atom. The van der Waals surface area contributed by atoms with E-state index in [1.165, 1.54) is 6.20 Å². The number of benzene rings is 3. The summed E-state index contributed by atoms with van der Waals surface area (Å²) < 4.78 is 12.0. The van der Waals surface area contributed by atoms with Crippen LogP contribution in [0.1, 0.15) is 40.1 Å². The predicted molar refractivity (Wildman–Crippen MR) is 147 cm³/mol. The fourth-order valence-electron chi connectivity index (χ4n) is 4.68. The number of primary amides is 1. The number of carbonyl (C=O) groups is 3. The molecule has 1 aromatic heterocycles. The second-order valence-corrected chi connectivity index (χ2v) is 9.52. The highest BCUT2D eigenvalue weighted by molar-refractivity contribution is 5.92. The minimum atomic E-state index is -0.938. The summed E-state index contributed by atoms with van der Waals surface area (Å²) in [4.78, 5) is 41.7. The van der Waals surface area contributed by atoms with Crippen molar-refractivity contribution in [2.45, 2.75) is 32.0 Å². The number of carboxylic acids is 1. The predicted octanol–water partition coefficient (Wildman–Crippen LogP) is 5.35. The molecule has 1 aliphatic rings. The maximum atomic E-state index is 13.0. The first kappa shape index (κ1) is 26.4. The molecule has 2 amide bonds.